The number of rotatable bonds is 8. The smallest absolute Gasteiger partial charge is 0.276 e. The summed E-state index contributed by atoms with van der Waals surface area (Å²) in [5, 5.41) is 1.01. The number of thiocarbonyl (C=S) groups is 2. The molecule has 10 nitrogen and oxygen atoms in total. The molecule has 4 aliphatic heterocycles. The van der Waals surface area contributed by atoms with Gasteiger partial charge in [0.15, 0.2) is 10.2 Å². The van der Waals surface area contributed by atoms with E-state index < -0.39 is 0 Å². The van der Waals surface area contributed by atoms with Crippen LogP contribution in [0.15, 0.2) is 35.7 Å². The van der Waals surface area contributed by atoms with Gasteiger partial charge in [0.05, 0.1) is 26.4 Å². The molecule has 4 heterocycles. The molecule has 4 saturated heterocycles. The Kier molecular flexibility index (Phi) is 9.24. The van der Waals surface area contributed by atoms with Crippen LogP contribution in [0.2, 0.25) is 0 Å². The molecule has 214 valence electrons. The molecule has 0 N–H and O–H groups in total. The van der Waals surface area contributed by atoms with Crippen LogP contribution >= 0.6 is 24.4 Å². The Bertz CT molecular complexity index is 1140. The predicted molar refractivity (Wildman–Crippen MR) is 161 cm³/mol. The summed E-state index contributed by atoms with van der Waals surface area (Å²) in [6, 6.07) is 7.76. The number of likely N-dealkylation sites (N-methyl/N-ethyl adjacent to an activating group) is 2. The number of carbonyl (C=O) groups excluding carboxylic acids is 2. The molecule has 4 aliphatic rings. The SMILES string of the molecule is CN1C(=S)N(CCN2CCOCC2)C(=O)/C1=C/c1cccc(/C=C2\C(=O)N(CCN3CCOCC3)C(=S)N2C)c1. The zero-order valence-corrected chi connectivity index (χ0v) is 24.7. The molecule has 40 heavy (non-hydrogen) atoms. The van der Waals surface area contributed by atoms with Gasteiger partial charge in [-0.1, -0.05) is 18.2 Å². The van der Waals surface area contributed by atoms with Crippen LogP contribution in [0.4, 0.5) is 0 Å². The minimum absolute atomic E-state index is 0.100. The maximum Gasteiger partial charge on any atom is 0.276 e. The molecule has 0 unspecified atom stereocenters. The van der Waals surface area contributed by atoms with E-state index in [2.05, 4.69) is 9.80 Å². The molecule has 0 radical (unpaired) electrons. The number of benzene rings is 1. The van der Waals surface area contributed by atoms with Crippen molar-refractivity contribution in [2.45, 2.75) is 0 Å². The van der Waals surface area contributed by atoms with Gasteiger partial charge in [0, 0.05) is 66.5 Å². The number of nitrogens with zero attached hydrogens (tertiary/aromatic N) is 6. The highest BCUT2D eigenvalue weighted by Gasteiger charge is 2.37. The van der Waals surface area contributed by atoms with E-state index in [-0.39, 0.29) is 11.8 Å². The lowest BCUT2D eigenvalue weighted by Gasteiger charge is -2.28. The monoisotopic (exact) mass is 584 g/mol. The van der Waals surface area contributed by atoms with Crippen LogP contribution in [-0.2, 0) is 19.1 Å². The molecule has 12 heteroatoms. The summed E-state index contributed by atoms with van der Waals surface area (Å²) in [4.78, 5) is 38.0. The van der Waals surface area contributed by atoms with Crippen LogP contribution in [0.3, 0.4) is 0 Å². The molecule has 0 saturated carbocycles. The second-order valence-corrected chi connectivity index (χ2v) is 11.0. The quantitative estimate of drug-likeness (QED) is 0.328. The summed E-state index contributed by atoms with van der Waals surface area (Å²) in [7, 11) is 3.65. The maximum absolute atomic E-state index is 13.3. The van der Waals surface area contributed by atoms with Crippen LogP contribution < -0.4 is 0 Å². The van der Waals surface area contributed by atoms with E-state index in [4.69, 9.17) is 33.9 Å². The summed E-state index contributed by atoms with van der Waals surface area (Å²) in [5.41, 5.74) is 2.76. The van der Waals surface area contributed by atoms with E-state index >= 15 is 0 Å². The van der Waals surface area contributed by atoms with E-state index in [0.717, 1.165) is 76.8 Å². The van der Waals surface area contributed by atoms with E-state index in [1.165, 1.54) is 0 Å². The van der Waals surface area contributed by atoms with Gasteiger partial charge in [-0.2, -0.15) is 0 Å². The van der Waals surface area contributed by atoms with Crippen molar-refractivity contribution < 1.29 is 19.1 Å². The first-order valence-corrected chi connectivity index (χ1v) is 14.5. The molecular weight excluding hydrogens is 548 g/mol. The zero-order valence-electron chi connectivity index (χ0n) is 23.1. The highest BCUT2D eigenvalue weighted by molar-refractivity contribution is 7.80. The van der Waals surface area contributed by atoms with Crippen molar-refractivity contribution in [3.05, 3.63) is 46.8 Å². The van der Waals surface area contributed by atoms with Gasteiger partial charge in [-0.15, -0.1) is 0 Å². The largest absolute Gasteiger partial charge is 0.379 e. The van der Waals surface area contributed by atoms with Crippen LogP contribution in [0.5, 0.6) is 0 Å². The molecule has 1 aromatic carbocycles. The van der Waals surface area contributed by atoms with E-state index in [1.54, 1.807) is 19.6 Å². The fourth-order valence-electron chi connectivity index (χ4n) is 5.20. The second kappa shape index (κ2) is 12.8. The Balaban J connectivity index is 1.27. The topological polar surface area (TPSA) is 72.0 Å². The zero-order chi connectivity index (χ0) is 28.2. The van der Waals surface area contributed by atoms with Gasteiger partial charge >= 0.3 is 0 Å². The van der Waals surface area contributed by atoms with Crippen molar-refractivity contribution in [1.82, 2.24) is 29.4 Å². The third kappa shape index (κ3) is 6.27. The molecule has 0 aliphatic carbocycles. The molecule has 0 atom stereocenters. The summed E-state index contributed by atoms with van der Waals surface area (Å²) in [5.74, 6) is -0.201. The third-order valence-electron chi connectivity index (χ3n) is 7.69. The van der Waals surface area contributed by atoms with Gasteiger partial charge in [-0.05, 0) is 53.8 Å². The lowest BCUT2D eigenvalue weighted by atomic mass is 10.1. The van der Waals surface area contributed by atoms with E-state index in [9.17, 15) is 9.59 Å². The molecule has 1 aromatic rings. The standard InChI is InChI=1S/C28H36N6O4S2/c1-29-23(25(35)33(27(29)39)8-6-31-10-14-37-15-11-31)19-21-4-3-5-22(18-21)20-24-26(36)34(28(40)30(24)2)9-7-32-12-16-38-17-13-32/h3-5,18-20H,6-17H2,1-2H3/b23-19-,24-20+. The average molecular weight is 585 g/mol. The Labute approximate surface area is 246 Å². The maximum atomic E-state index is 13.3. The number of ether oxygens (including phenoxy) is 2. The third-order valence-corrected chi connectivity index (χ3v) is 8.68. The van der Waals surface area contributed by atoms with Gasteiger partial charge in [0.1, 0.15) is 11.4 Å². The highest BCUT2D eigenvalue weighted by atomic mass is 32.1. The van der Waals surface area contributed by atoms with Gasteiger partial charge < -0.3 is 19.3 Å². The molecular formula is C28H36N6O4S2. The lowest BCUT2D eigenvalue weighted by molar-refractivity contribution is -0.123. The normalized spacial score (nSPS) is 23.6. The Morgan fingerprint density at radius 1 is 0.700 bits per heavy atom. The summed E-state index contributed by atoms with van der Waals surface area (Å²) in [6.45, 7) is 8.93. The number of hydrogen-bond donors (Lipinski definition) is 0. The van der Waals surface area contributed by atoms with Gasteiger partial charge in [0.25, 0.3) is 11.8 Å². The average Bonchev–Trinajstić information content (AvgIpc) is 3.30. The second-order valence-electron chi connectivity index (χ2n) is 10.2. The van der Waals surface area contributed by atoms with Crippen LogP contribution in [0, 0.1) is 0 Å². The van der Waals surface area contributed by atoms with Crippen LogP contribution in [0.1, 0.15) is 11.1 Å². The Morgan fingerprint density at radius 2 is 1.10 bits per heavy atom. The predicted octanol–water partition coefficient (Wildman–Crippen LogP) is 1.15. The van der Waals surface area contributed by atoms with Crippen molar-refractivity contribution in [1.29, 1.82) is 0 Å². The minimum atomic E-state index is -0.100. The van der Waals surface area contributed by atoms with E-state index in [1.807, 2.05) is 50.5 Å². The highest BCUT2D eigenvalue weighted by Crippen LogP contribution is 2.25. The van der Waals surface area contributed by atoms with E-state index in [0.29, 0.717) is 34.7 Å². The Hall–Kier alpha value is -2.74. The van der Waals surface area contributed by atoms with Crippen molar-refractivity contribution in [2.24, 2.45) is 0 Å². The molecule has 5 rings (SSSR count). The van der Waals surface area contributed by atoms with Crippen LogP contribution in [0.25, 0.3) is 12.2 Å². The summed E-state index contributed by atoms with van der Waals surface area (Å²) >= 11 is 11.2. The molecule has 0 spiro atoms. The number of hydrogen-bond acceptors (Lipinski definition) is 8. The molecule has 2 amide bonds. The van der Waals surface area contributed by atoms with Gasteiger partial charge in [-0.3, -0.25) is 29.2 Å². The lowest BCUT2D eigenvalue weighted by Crippen LogP contribution is -2.43. The van der Waals surface area contributed by atoms with Gasteiger partial charge in [-0.25, -0.2) is 0 Å². The first-order valence-electron chi connectivity index (χ1n) is 13.7. The fraction of sp³-hybridized carbons (Fsp3) is 0.500. The van der Waals surface area contributed by atoms with Crippen molar-refractivity contribution >= 4 is 58.6 Å². The number of carbonyl (C=O) groups is 2. The molecule has 0 bridgehead atoms. The minimum Gasteiger partial charge on any atom is -0.379 e. The Morgan fingerprint density at radius 3 is 1.50 bits per heavy atom. The summed E-state index contributed by atoms with van der Waals surface area (Å²) < 4.78 is 10.8. The number of morpholine rings is 2. The van der Waals surface area contributed by atoms with Crippen molar-refractivity contribution in [3.63, 3.8) is 0 Å². The molecule has 0 aromatic heterocycles. The summed E-state index contributed by atoms with van der Waals surface area (Å²) in [6.07, 6.45) is 3.70. The van der Waals surface area contributed by atoms with Crippen molar-refractivity contribution in [2.75, 3.05) is 92.9 Å². The van der Waals surface area contributed by atoms with Crippen LogP contribution in [-0.4, -0.2) is 144 Å². The fourth-order valence-corrected chi connectivity index (χ4v) is 5.75. The number of amides is 2. The van der Waals surface area contributed by atoms with Crippen molar-refractivity contribution in [3.8, 4) is 0 Å². The molecule has 4 fully saturated rings. The van der Waals surface area contributed by atoms with Gasteiger partial charge in [0.2, 0.25) is 0 Å². The first-order chi connectivity index (χ1) is 19.3. The first kappa shape index (κ1) is 28.8.